The van der Waals surface area contributed by atoms with Gasteiger partial charge in [-0.25, -0.2) is 4.79 Å². The van der Waals surface area contributed by atoms with E-state index in [4.69, 9.17) is 17.0 Å². The predicted octanol–water partition coefficient (Wildman–Crippen LogP) is 3.50. The van der Waals surface area contributed by atoms with E-state index < -0.39 is 5.97 Å². The first-order valence-corrected chi connectivity index (χ1v) is 11.0. The number of carbonyl (C=O) groups excluding carboxylic acids is 1. The lowest BCUT2D eigenvalue weighted by molar-refractivity contribution is -0.140. The maximum Gasteiger partial charge on any atom is 0.335 e. The van der Waals surface area contributed by atoms with Crippen molar-refractivity contribution in [2.45, 2.75) is 24.9 Å². The van der Waals surface area contributed by atoms with Crippen LogP contribution in [0, 0.1) is 0 Å². The number of esters is 1. The second-order valence-electron chi connectivity index (χ2n) is 7.65. The standard InChI is InChI=1S/C24H24N4O4S/c1-32-20(29)8-5-15-28-22(21(26-24(28)33)18-6-2-3-13-25-18)19-7-4-14-27(19)17-11-9-16(10-12-17)23(30)31/h2-4,6-7,9-14,21-22H,5,8,15H2,1H3,(H,26,33)(H,30,31)/t21-,22+/m0/s1. The molecule has 1 aliphatic rings. The van der Waals surface area contributed by atoms with Gasteiger partial charge in [-0.3, -0.25) is 9.78 Å². The fourth-order valence-electron chi connectivity index (χ4n) is 4.10. The Morgan fingerprint density at radius 3 is 2.61 bits per heavy atom. The van der Waals surface area contributed by atoms with Gasteiger partial charge in [0, 0.05) is 36.7 Å². The number of aromatic carboxylic acids is 1. The van der Waals surface area contributed by atoms with Crippen LogP contribution in [-0.2, 0) is 9.53 Å². The zero-order valence-corrected chi connectivity index (χ0v) is 18.9. The molecule has 0 aliphatic carbocycles. The summed E-state index contributed by atoms with van der Waals surface area (Å²) >= 11 is 5.68. The number of hydrogen-bond acceptors (Lipinski definition) is 5. The van der Waals surface area contributed by atoms with Gasteiger partial charge in [0.15, 0.2) is 5.11 Å². The van der Waals surface area contributed by atoms with Crippen LogP contribution in [0.15, 0.2) is 67.0 Å². The van der Waals surface area contributed by atoms with E-state index in [9.17, 15) is 14.7 Å². The monoisotopic (exact) mass is 464 g/mol. The highest BCUT2D eigenvalue weighted by atomic mass is 32.1. The first-order valence-electron chi connectivity index (χ1n) is 10.6. The number of pyridine rings is 1. The number of benzene rings is 1. The van der Waals surface area contributed by atoms with Crippen LogP contribution in [0.25, 0.3) is 5.69 Å². The molecule has 1 saturated heterocycles. The molecule has 8 nitrogen and oxygen atoms in total. The van der Waals surface area contributed by atoms with E-state index in [2.05, 4.69) is 15.2 Å². The molecule has 1 aromatic carbocycles. The zero-order chi connectivity index (χ0) is 23.4. The van der Waals surface area contributed by atoms with E-state index in [1.807, 2.05) is 41.1 Å². The smallest absolute Gasteiger partial charge is 0.335 e. The van der Waals surface area contributed by atoms with Gasteiger partial charge in [-0.2, -0.15) is 0 Å². The molecule has 2 atom stereocenters. The summed E-state index contributed by atoms with van der Waals surface area (Å²) in [5.74, 6) is -1.22. The van der Waals surface area contributed by atoms with Gasteiger partial charge in [-0.05, 0) is 67.2 Å². The minimum atomic E-state index is -0.966. The topological polar surface area (TPSA) is 96.7 Å². The van der Waals surface area contributed by atoms with Crippen molar-refractivity contribution in [2.24, 2.45) is 0 Å². The van der Waals surface area contributed by atoms with E-state index >= 15 is 0 Å². The van der Waals surface area contributed by atoms with E-state index in [0.29, 0.717) is 24.5 Å². The number of carboxylic acid groups (broad SMARTS) is 1. The van der Waals surface area contributed by atoms with Gasteiger partial charge in [0.05, 0.1) is 30.5 Å². The average molecular weight is 465 g/mol. The van der Waals surface area contributed by atoms with E-state index in [1.54, 1.807) is 30.5 Å². The van der Waals surface area contributed by atoms with Crippen LogP contribution in [0.3, 0.4) is 0 Å². The Bertz CT molecular complexity index is 1150. The first-order chi connectivity index (χ1) is 16.0. The van der Waals surface area contributed by atoms with Crippen molar-refractivity contribution < 1.29 is 19.4 Å². The van der Waals surface area contributed by atoms with Crippen LogP contribution < -0.4 is 5.32 Å². The first kappa shape index (κ1) is 22.5. The summed E-state index contributed by atoms with van der Waals surface area (Å²) in [5.41, 5.74) is 2.90. The van der Waals surface area contributed by atoms with Crippen LogP contribution in [0.2, 0.25) is 0 Å². The Hall–Kier alpha value is -3.72. The number of carboxylic acids is 1. The minimum absolute atomic E-state index is 0.181. The summed E-state index contributed by atoms with van der Waals surface area (Å²) in [7, 11) is 1.38. The highest BCUT2D eigenvalue weighted by molar-refractivity contribution is 7.80. The third kappa shape index (κ3) is 4.73. The summed E-state index contributed by atoms with van der Waals surface area (Å²) in [6, 6.07) is 16.1. The Kier molecular flexibility index (Phi) is 6.69. The van der Waals surface area contributed by atoms with Crippen molar-refractivity contribution >= 4 is 29.3 Å². The van der Waals surface area contributed by atoms with Gasteiger partial charge in [-0.15, -0.1) is 0 Å². The number of carbonyl (C=O) groups is 2. The molecule has 170 valence electrons. The van der Waals surface area contributed by atoms with Crippen LogP contribution in [0.1, 0.15) is 46.7 Å². The van der Waals surface area contributed by atoms with Gasteiger partial charge in [0.2, 0.25) is 0 Å². The highest BCUT2D eigenvalue weighted by Crippen LogP contribution is 2.39. The molecule has 1 aliphatic heterocycles. The molecule has 3 aromatic rings. The molecule has 0 amide bonds. The fourth-order valence-corrected chi connectivity index (χ4v) is 4.43. The number of rotatable bonds is 8. The maximum absolute atomic E-state index is 11.6. The summed E-state index contributed by atoms with van der Waals surface area (Å²) in [6.45, 7) is 0.568. The number of nitrogens with one attached hydrogen (secondary N) is 1. The lowest BCUT2D eigenvalue weighted by Crippen LogP contribution is -2.31. The minimum Gasteiger partial charge on any atom is -0.478 e. The molecule has 2 N–H and O–H groups in total. The molecule has 3 heterocycles. The summed E-state index contributed by atoms with van der Waals surface area (Å²) in [5, 5.41) is 13.2. The van der Waals surface area contributed by atoms with Gasteiger partial charge in [0.1, 0.15) is 0 Å². The molecule has 0 spiro atoms. The second-order valence-corrected chi connectivity index (χ2v) is 8.04. The van der Waals surface area contributed by atoms with E-state index in [0.717, 1.165) is 17.1 Å². The van der Waals surface area contributed by atoms with Crippen LogP contribution >= 0.6 is 12.2 Å². The number of hydrogen-bond donors (Lipinski definition) is 2. The molecular weight excluding hydrogens is 440 g/mol. The normalized spacial score (nSPS) is 17.6. The number of methoxy groups -OCH3 is 1. The van der Waals surface area contributed by atoms with Crippen LogP contribution in [0.4, 0.5) is 0 Å². The number of nitrogens with zero attached hydrogens (tertiary/aromatic N) is 3. The van der Waals surface area contributed by atoms with Gasteiger partial charge >= 0.3 is 11.9 Å². The van der Waals surface area contributed by atoms with Crippen molar-refractivity contribution in [1.82, 2.24) is 19.8 Å². The maximum atomic E-state index is 11.6. The van der Waals surface area contributed by atoms with Crippen molar-refractivity contribution in [3.63, 3.8) is 0 Å². The summed E-state index contributed by atoms with van der Waals surface area (Å²) in [6.07, 6.45) is 4.58. The molecule has 2 aromatic heterocycles. The molecule has 33 heavy (non-hydrogen) atoms. The van der Waals surface area contributed by atoms with Crippen molar-refractivity contribution in [2.75, 3.05) is 13.7 Å². The molecular formula is C24H24N4O4S. The zero-order valence-electron chi connectivity index (χ0n) is 18.0. The largest absolute Gasteiger partial charge is 0.478 e. The summed E-state index contributed by atoms with van der Waals surface area (Å²) < 4.78 is 6.80. The van der Waals surface area contributed by atoms with Crippen molar-refractivity contribution in [1.29, 1.82) is 0 Å². The predicted molar refractivity (Wildman–Crippen MR) is 126 cm³/mol. The Morgan fingerprint density at radius 1 is 1.15 bits per heavy atom. The third-order valence-corrected chi connectivity index (χ3v) is 6.03. The molecule has 0 unspecified atom stereocenters. The number of thiocarbonyl (C=S) groups is 1. The van der Waals surface area contributed by atoms with Gasteiger partial charge in [0.25, 0.3) is 0 Å². The third-order valence-electron chi connectivity index (χ3n) is 5.68. The molecule has 4 rings (SSSR count). The Morgan fingerprint density at radius 2 is 1.94 bits per heavy atom. The van der Waals surface area contributed by atoms with Crippen LogP contribution in [-0.4, -0.2) is 50.3 Å². The molecule has 1 fully saturated rings. The summed E-state index contributed by atoms with van der Waals surface area (Å²) in [4.78, 5) is 29.5. The van der Waals surface area contributed by atoms with Crippen molar-refractivity contribution in [3.05, 3.63) is 83.9 Å². The van der Waals surface area contributed by atoms with E-state index in [-0.39, 0.29) is 23.6 Å². The number of ether oxygens (including phenoxy) is 1. The quantitative estimate of drug-likeness (QED) is 0.386. The number of aromatic nitrogens is 2. The lowest BCUT2D eigenvalue weighted by Gasteiger charge is -2.29. The van der Waals surface area contributed by atoms with E-state index in [1.165, 1.54) is 7.11 Å². The Balaban J connectivity index is 1.70. The molecule has 0 saturated carbocycles. The Labute approximate surface area is 196 Å². The second kappa shape index (κ2) is 9.83. The van der Waals surface area contributed by atoms with Gasteiger partial charge < -0.3 is 24.6 Å². The SMILES string of the molecule is COC(=O)CCCN1C(=S)N[C@@H](c2ccccn2)[C@H]1c1cccn1-c1ccc(C(=O)O)cc1. The fraction of sp³-hybridized carbons (Fsp3) is 0.250. The lowest BCUT2D eigenvalue weighted by atomic mass is 10.0. The molecule has 9 heteroatoms. The van der Waals surface area contributed by atoms with Crippen molar-refractivity contribution in [3.8, 4) is 5.69 Å². The van der Waals surface area contributed by atoms with Crippen LogP contribution in [0.5, 0.6) is 0 Å². The highest BCUT2D eigenvalue weighted by Gasteiger charge is 2.41. The molecule has 0 radical (unpaired) electrons. The average Bonchev–Trinajstić information content (AvgIpc) is 3.44. The van der Waals surface area contributed by atoms with Gasteiger partial charge in [-0.1, -0.05) is 6.07 Å². The molecule has 0 bridgehead atoms.